The molecule has 1 fully saturated rings. The van der Waals surface area contributed by atoms with Crippen LogP contribution in [0, 0.1) is 5.82 Å². The Hall–Kier alpha value is -1.95. The number of hydrogen-bond donors (Lipinski definition) is 1. The number of esters is 1. The number of anilines is 1. The zero-order valence-corrected chi connectivity index (χ0v) is 12.7. The number of rotatable bonds is 5. The molecule has 0 spiro atoms. The fourth-order valence-corrected chi connectivity index (χ4v) is 2.73. The molecule has 1 atom stereocenters. The Kier molecular flexibility index (Phi) is 5.89. The van der Waals surface area contributed by atoms with E-state index in [0.29, 0.717) is 12.1 Å². The van der Waals surface area contributed by atoms with E-state index in [-0.39, 0.29) is 30.3 Å². The molecule has 22 heavy (non-hydrogen) atoms. The quantitative estimate of drug-likeness (QED) is 0.847. The Balaban J connectivity index is 1.91. The number of halogens is 1. The Morgan fingerprint density at radius 2 is 2.23 bits per heavy atom. The molecule has 1 aromatic carbocycles. The summed E-state index contributed by atoms with van der Waals surface area (Å²) in [5.41, 5.74) is 0.437. The van der Waals surface area contributed by atoms with Crippen LogP contribution in [0.3, 0.4) is 0 Å². The highest BCUT2D eigenvalue weighted by molar-refractivity contribution is 5.92. The first kappa shape index (κ1) is 16.4. The molecule has 0 aliphatic carbocycles. The van der Waals surface area contributed by atoms with Gasteiger partial charge in [-0.25, -0.2) is 4.39 Å². The van der Waals surface area contributed by atoms with Crippen molar-refractivity contribution in [1.82, 2.24) is 4.90 Å². The third-order valence-corrected chi connectivity index (χ3v) is 3.83. The van der Waals surface area contributed by atoms with Crippen LogP contribution in [-0.2, 0) is 14.3 Å². The van der Waals surface area contributed by atoms with Gasteiger partial charge in [0.05, 0.1) is 20.1 Å². The lowest BCUT2D eigenvalue weighted by Crippen LogP contribution is -2.45. The van der Waals surface area contributed by atoms with Gasteiger partial charge in [-0.15, -0.1) is 0 Å². The highest BCUT2D eigenvalue weighted by atomic mass is 19.1. The molecule has 120 valence electrons. The molecule has 1 aliphatic rings. The lowest BCUT2D eigenvalue weighted by molar-refractivity contribution is -0.142. The fourth-order valence-electron chi connectivity index (χ4n) is 2.73. The Labute approximate surface area is 129 Å². The van der Waals surface area contributed by atoms with Crippen molar-refractivity contribution in [1.29, 1.82) is 0 Å². The second-order valence-corrected chi connectivity index (χ2v) is 5.46. The lowest BCUT2D eigenvalue weighted by Gasteiger charge is -2.34. The van der Waals surface area contributed by atoms with E-state index in [1.54, 1.807) is 12.1 Å². The first-order valence-electron chi connectivity index (χ1n) is 7.45. The van der Waals surface area contributed by atoms with Crippen molar-refractivity contribution in [3.05, 3.63) is 30.1 Å². The van der Waals surface area contributed by atoms with Crippen molar-refractivity contribution in [3.63, 3.8) is 0 Å². The molecule has 1 aliphatic heterocycles. The van der Waals surface area contributed by atoms with Gasteiger partial charge in [0, 0.05) is 11.7 Å². The maximum absolute atomic E-state index is 13.1. The summed E-state index contributed by atoms with van der Waals surface area (Å²) in [7, 11) is 1.37. The number of ether oxygens (including phenoxy) is 1. The van der Waals surface area contributed by atoms with Crippen LogP contribution in [0.25, 0.3) is 0 Å². The minimum Gasteiger partial charge on any atom is -0.469 e. The van der Waals surface area contributed by atoms with Crippen molar-refractivity contribution >= 4 is 17.6 Å². The molecule has 1 N–H and O–H groups in total. The summed E-state index contributed by atoms with van der Waals surface area (Å²) >= 11 is 0. The molecule has 5 nitrogen and oxygen atoms in total. The van der Waals surface area contributed by atoms with E-state index in [9.17, 15) is 14.0 Å². The summed E-state index contributed by atoms with van der Waals surface area (Å²) in [5, 5.41) is 2.68. The minimum atomic E-state index is -0.389. The second kappa shape index (κ2) is 7.89. The number of piperidine rings is 1. The maximum Gasteiger partial charge on any atom is 0.307 e. The molecule has 0 saturated carbocycles. The number of amides is 1. The number of methoxy groups -OCH3 is 1. The van der Waals surface area contributed by atoms with Gasteiger partial charge in [-0.05, 0) is 37.6 Å². The number of nitrogens with zero attached hydrogens (tertiary/aromatic N) is 1. The molecule has 1 saturated heterocycles. The van der Waals surface area contributed by atoms with Gasteiger partial charge in [0.2, 0.25) is 5.91 Å². The summed E-state index contributed by atoms with van der Waals surface area (Å²) in [5.74, 6) is -0.857. The van der Waals surface area contributed by atoms with E-state index in [4.69, 9.17) is 4.74 Å². The summed E-state index contributed by atoms with van der Waals surface area (Å²) in [6.45, 7) is 0.969. The third kappa shape index (κ3) is 4.80. The molecule has 1 heterocycles. The Bertz CT molecular complexity index is 536. The van der Waals surface area contributed by atoms with Crippen molar-refractivity contribution in [3.8, 4) is 0 Å². The van der Waals surface area contributed by atoms with E-state index in [1.807, 2.05) is 4.90 Å². The summed E-state index contributed by atoms with van der Waals surface area (Å²) in [6, 6.07) is 5.82. The van der Waals surface area contributed by atoms with Crippen LogP contribution in [0.15, 0.2) is 24.3 Å². The molecular formula is C16H21FN2O3. The predicted molar refractivity (Wildman–Crippen MR) is 80.9 cm³/mol. The van der Waals surface area contributed by atoms with Crippen LogP contribution < -0.4 is 5.32 Å². The average Bonchev–Trinajstić information content (AvgIpc) is 2.49. The van der Waals surface area contributed by atoms with Gasteiger partial charge in [0.25, 0.3) is 0 Å². The summed E-state index contributed by atoms with van der Waals surface area (Å²) in [4.78, 5) is 25.5. The number of benzene rings is 1. The smallest absolute Gasteiger partial charge is 0.307 e. The molecule has 0 bridgehead atoms. The normalized spacial score (nSPS) is 18.7. The number of likely N-dealkylation sites (tertiary alicyclic amines) is 1. The van der Waals surface area contributed by atoms with E-state index in [1.165, 1.54) is 19.2 Å². The number of carbonyl (C=O) groups excluding carboxylic acids is 2. The zero-order valence-electron chi connectivity index (χ0n) is 12.7. The van der Waals surface area contributed by atoms with Crippen LogP contribution in [0.4, 0.5) is 10.1 Å². The molecule has 2 rings (SSSR count). The highest BCUT2D eigenvalue weighted by Gasteiger charge is 2.26. The lowest BCUT2D eigenvalue weighted by atomic mass is 9.99. The molecular weight excluding hydrogens is 287 g/mol. The van der Waals surface area contributed by atoms with E-state index < -0.39 is 0 Å². The zero-order chi connectivity index (χ0) is 15.9. The topological polar surface area (TPSA) is 58.6 Å². The molecule has 0 radical (unpaired) electrons. The molecule has 6 heteroatoms. The fraction of sp³-hybridized carbons (Fsp3) is 0.500. The van der Waals surface area contributed by atoms with Gasteiger partial charge in [0.1, 0.15) is 5.82 Å². The second-order valence-electron chi connectivity index (χ2n) is 5.46. The molecule has 1 amide bonds. The molecule has 0 aromatic heterocycles. The predicted octanol–water partition coefficient (Wildman–Crippen LogP) is 2.18. The van der Waals surface area contributed by atoms with E-state index in [0.717, 1.165) is 25.8 Å². The van der Waals surface area contributed by atoms with Crippen LogP contribution in [-0.4, -0.2) is 43.0 Å². The van der Waals surface area contributed by atoms with Crippen molar-refractivity contribution < 1.29 is 18.7 Å². The average molecular weight is 308 g/mol. The molecule has 0 unspecified atom stereocenters. The van der Waals surface area contributed by atoms with Gasteiger partial charge in [-0.2, -0.15) is 0 Å². The first-order valence-corrected chi connectivity index (χ1v) is 7.45. The van der Waals surface area contributed by atoms with Crippen LogP contribution >= 0.6 is 0 Å². The Morgan fingerprint density at radius 1 is 1.41 bits per heavy atom. The van der Waals surface area contributed by atoms with Crippen LogP contribution in [0.1, 0.15) is 25.7 Å². The monoisotopic (exact) mass is 308 g/mol. The third-order valence-electron chi connectivity index (χ3n) is 3.83. The summed E-state index contributed by atoms with van der Waals surface area (Å²) < 4.78 is 17.8. The van der Waals surface area contributed by atoms with Crippen LogP contribution in [0.5, 0.6) is 0 Å². The van der Waals surface area contributed by atoms with Gasteiger partial charge >= 0.3 is 5.97 Å². The van der Waals surface area contributed by atoms with Crippen molar-refractivity contribution in [2.75, 3.05) is 25.5 Å². The minimum absolute atomic E-state index is 0.0273. The van der Waals surface area contributed by atoms with E-state index >= 15 is 0 Å². The SMILES string of the molecule is COC(=O)C[C@@H]1CCCCN1CC(=O)Nc1cccc(F)c1. The van der Waals surface area contributed by atoms with Gasteiger partial charge in [0.15, 0.2) is 0 Å². The highest BCUT2D eigenvalue weighted by Crippen LogP contribution is 2.20. The maximum atomic E-state index is 13.1. The van der Waals surface area contributed by atoms with Gasteiger partial charge < -0.3 is 10.1 Å². The van der Waals surface area contributed by atoms with Crippen molar-refractivity contribution in [2.45, 2.75) is 31.7 Å². The summed E-state index contributed by atoms with van der Waals surface area (Å²) in [6.07, 6.45) is 3.22. The van der Waals surface area contributed by atoms with Crippen LogP contribution in [0.2, 0.25) is 0 Å². The standard InChI is InChI=1S/C16H21FN2O3/c1-22-16(21)10-14-7-2-3-8-19(14)11-15(20)18-13-6-4-5-12(17)9-13/h4-6,9,14H,2-3,7-8,10-11H2,1H3,(H,18,20)/t14-/m0/s1. The number of hydrogen-bond acceptors (Lipinski definition) is 4. The Morgan fingerprint density at radius 3 is 2.95 bits per heavy atom. The largest absolute Gasteiger partial charge is 0.469 e. The van der Waals surface area contributed by atoms with Crippen molar-refractivity contribution in [2.24, 2.45) is 0 Å². The van der Waals surface area contributed by atoms with E-state index in [2.05, 4.69) is 5.32 Å². The molecule has 1 aromatic rings. The number of carbonyl (C=O) groups is 2. The number of nitrogens with one attached hydrogen (secondary N) is 1. The first-order chi connectivity index (χ1) is 10.6. The van der Waals surface area contributed by atoms with Gasteiger partial charge in [-0.1, -0.05) is 12.5 Å². The van der Waals surface area contributed by atoms with Gasteiger partial charge in [-0.3, -0.25) is 14.5 Å².